The standard InChI is InChI=1S/C38H44N4O4.C15H18N2O4.C2H6/c1-25-15-16-32-31(13-9-23-46-34-14-8-6-11-29-10-5-7-12-30(29)34)37(38(44)45)42(22-19-28-17-20-41(21-18-28)27(3)43)36(32)35(25)33-24-40(4)39-26(33)2;1-3-12(14(20)16-9(2)18)17-8-11-10(15(17)21)6-4-5-7-13(11)19;1-2/h5-8,10,12,14-16,24,28H,9,11,13,17-23H2,1-4H3,(H,44,45);5-7,12,19H,3-4,8H2,1-2H3,(H,16,18,20);1-2H3. The van der Waals surface area contributed by atoms with Crippen LogP contribution in [0.5, 0.6) is 0 Å². The van der Waals surface area contributed by atoms with Crippen LogP contribution in [0, 0.1) is 19.8 Å². The molecule has 2 aromatic heterocycles. The van der Waals surface area contributed by atoms with Crippen LogP contribution in [-0.4, -0.2) is 96.2 Å². The van der Waals surface area contributed by atoms with Crippen molar-refractivity contribution in [1.82, 2.24) is 29.5 Å². The van der Waals surface area contributed by atoms with Gasteiger partial charge in [0.15, 0.2) is 0 Å². The normalized spacial score (nSPS) is 16.0. The van der Waals surface area contributed by atoms with Crippen molar-refractivity contribution in [2.45, 2.75) is 112 Å². The minimum absolute atomic E-state index is 0.0522. The number of hydrogen-bond acceptors (Lipinski definition) is 8. The second-order valence-corrected chi connectivity index (χ2v) is 17.8. The van der Waals surface area contributed by atoms with E-state index in [-0.39, 0.29) is 24.1 Å². The number of hydrogen-bond donors (Lipinski definition) is 3. The topological polar surface area (TPSA) is 176 Å². The molecular formula is C55H68N6O8. The van der Waals surface area contributed by atoms with Crippen molar-refractivity contribution in [3.63, 3.8) is 0 Å². The summed E-state index contributed by atoms with van der Waals surface area (Å²) in [5.74, 6) is -0.678. The molecule has 2 aromatic carbocycles. The summed E-state index contributed by atoms with van der Waals surface area (Å²) in [5.41, 5.74) is 9.59. The fourth-order valence-corrected chi connectivity index (χ4v) is 9.87. The summed E-state index contributed by atoms with van der Waals surface area (Å²) in [5, 5.41) is 28.5. The Balaban J connectivity index is 0.000000284. The van der Waals surface area contributed by atoms with Gasteiger partial charge in [0.2, 0.25) is 17.7 Å². The van der Waals surface area contributed by atoms with Crippen molar-refractivity contribution in [3.05, 3.63) is 130 Å². The number of carbonyl (C=O) groups excluding carboxylic acids is 4. The van der Waals surface area contributed by atoms with Crippen LogP contribution in [-0.2, 0) is 50.3 Å². The molecule has 8 rings (SSSR count). The Labute approximate surface area is 405 Å². The number of benzene rings is 2. The number of nitrogens with one attached hydrogen (secondary N) is 1. The summed E-state index contributed by atoms with van der Waals surface area (Å²) in [6.45, 7) is 15.5. The fourth-order valence-electron chi connectivity index (χ4n) is 9.87. The van der Waals surface area contributed by atoms with Gasteiger partial charge in [-0.25, -0.2) is 4.79 Å². The van der Waals surface area contributed by atoms with Crippen molar-refractivity contribution in [2.24, 2.45) is 13.0 Å². The van der Waals surface area contributed by atoms with Gasteiger partial charge in [0.25, 0.3) is 5.91 Å². The van der Waals surface area contributed by atoms with Gasteiger partial charge in [0.05, 0.1) is 24.4 Å². The highest BCUT2D eigenvalue weighted by atomic mass is 16.5. The molecule has 3 N–H and O–H groups in total. The Morgan fingerprint density at radius 3 is 2.41 bits per heavy atom. The van der Waals surface area contributed by atoms with Gasteiger partial charge < -0.3 is 29.3 Å². The molecular weight excluding hydrogens is 873 g/mol. The number of aryl methyl sites for hydroxylation is 5. The summed E-state index contributed by atoms with van der Waals surface area (Å²) in [6, 6.07) is 11.8. The minimum Gasteiger partial charge on any atom is -0.508 e. The fraction of sp³-hybridized carbons (Fsp3) is 0.418. The molecule has 14 heteroatoms. The second-order valence-electron chi connectivity index (χ2n) is 17.8. The van der Waals surface area contributed by atoms with Gasteiger partial charge >= 0.3 is 5.97 Å². The van der Waals surface area contributed by atoms with Gasteiger partial charge in [0, 0.05) is 79.9 Å². The number of aromatic nitrogens is 3. The number of ether oxygens (including phenoxy) is 1. The summed E-state index contributed by atoms with van der Waals surface area (Å²) < 4.78 is 10.2. The van der Waals surface area contributed by atoms with Crippen LogP contribution < -0.4 is 5.32 Å². The Kier molecular flexibility index (Phi) is 17.4. The molecule has 4 amide bonds. The lowest BCUT2D eigenvalue weighted by atomic mass is 9.93. The SMILES string of the molecule is CC.CC(=O)N1CCC(CCn2c(C(=O)O)c(CCCOC3=CC=CCc4ccccc43)c3ccc(C)c(-c4cn(C)nc4C)c32)CC1.CCC(C(=O)NC(C)=O)N1CC2=C(O)C=CCC=C2C1=O. The number of allylic oxidation sites excluding steroid dienone is 6. The number of aromatic carboxylic acids is 1. The number of carbonyl (C=O) groups is 5. The van der Waals surface area contributed by atoms with Crippen LogP contribution in [0.2, 0.25) is 0 Å². The zero-order valence-electron chi connectivity index (χ0n) is 41.4. The van der Waals surface area contributed by atoms with E-state index in [0.717, 1.165) is 88.9 Å². The van der Waals surface area contributed by atoms with Gasteiger partial charge in [-0.3, -0.25) is 29.2 Å². The molecule has 1 atom stereocenters. The number of imide groups is 1. The predicted octanol–water partition coefficient (Wildman–Crippen LogP) is 9.10. The van der Waals surface area contributed by atoms with E-state index in [4.69, 9.17) is 4.74 Å². The molecule has 366 valence electrons. The molecule has 1 unspecified atom stereocenters. The van der Waals surface area contributed by atoms with Crippen LogP contribution in [0.15, 0.2) is 96.0 Å². The molecule has 4 aromatic rings. The maximum absolute atomic E-state index is 13.1. The van der Waals surface area contributed by atoms with E-state index in [1.165, 1.54) is 17.4 Å². The zero-order valence-corrected chi connectivity index (χ0v) is 41.4. The first-order valence-electron chi connectivity index (χ1n) is 24.3. The molecule has 2 aliphatic carbocycles. The van der Waals surface area contributed by atoms with Crippen molar-refractivity contribution in [1.29, 1.82) is 0 Å². The van der Waals surface area contributed by atoms with Gasteiger partial charge in [-0.05, 0) is 100.0 Å². The van der Waals surface area contributed by atoms with Crippen LogP contribution in [0.1, 0.15) is 112 Å². The Morgan fingerprint density at radius 1 is 1.00 bits per heavy atom. The Bertz CT molecular complexity index is 2740. The number of piperidine rings is 1. The number of carboxylic acid groups (broad SMARTS) is 1. The summed E-state index contributed by atoms with van der Waals surface area (Å²) >= 11 is 0. The van der Waals surface area contributed by atoms with E-state index in [2.05, 4.69) is 58.3 Å². The van der Waals surface area contributed by atoms with Crippen molar-refractivity contribution in [2.75, 3.05) is 26.2 Å². The number of carboxylic acids is 1. The lowest BCUT2D eigenvalue weighted by Crippen LogP contribution is -2.48. The number of amides is 4. The average Bonchev–Trinajstić information content (AvgIpc) is 3.82. The first-order valence-corrected chi connectivity index (χ1v) is 24.3. The maximum Gasteiger partial charge on any atom is 0.352 e. The van der Waals surface area contributed by atoms with Crippen molar-refractivity contribution in [3.8, 4) is 11.1 Å². The Morgan fingerprint density at radius 2 is 1.74 bits per heavy atom. The lowest BCUT2D eigenvalue weighted by Gasteiger charge is -2.31. The van der Waals surface area contributed by atoms with Crippen molar-refractivity contribution >= 4 is 46.3 Å². The van der Waals surface area contributed by atoms with E-state index in [0.29, 0.717) is 61.6 Å². The van der Waals surface area contributed by atoms with Gasteiger partial charge in [-0.2, -0.15) is 5.10 Å². The number of fused-ring (bicyclic) bond motifs is 3. The van der Waals surface area contributed by atoms with Crippen molar-refractivity contribution < 1.29 is 38.9 Å². The zero-order chi connectivity index (χ0) is 49.9. The van der Waals surface area contributed by atoms with Crippen LogP contribution in [0.25, 0.3) is 27.8 Å². The van der Waals surface area contributed by atoms with E-state index in [1.54, 1.807) is 32.1 Å². The number of rotatable bonds is 13. The van der Waals surface area contributed by atoms with Gasteiger partial charge in [0.1, 0.15) is 23.3 Å². The molecule has 2 saturated heterocycles. The number of aliphatic hydroxyl groups excluding tert-OH is 1. The van der Waals surface area contributed by atoms with Gasteiger partial charge in [-0.15, -0.1) is 0 Å². The third kappa shape index (κ3) is 11.7. The third-order valence-electron chi connectivity index (χ3n) is 13.2. The van der Waals surface area contributed by atoms with Crippen LogP contribution >= 0.6 is 0 Å². The molecule has 0 radical (unpaired) electrons. The van der Waals surface area contributed by atoms with Crippen LogP contribution in [0.4, 0.5) is 0 Å². The summed E-state index contributed by atoms with van der Waals surface area (Å²) in [4.78, 5) is 63.8. The van der Waals surface area contributed by atoms with E-state index in [1.807, 2.05) is 61.8 Å². The first-order chi connectivity index (χ1) is 33.2. The molecule has 4 aliphatic rings. The average molecular weight is 941 g/mol. The monoisotopic (exact) mass is 941 g/mol. The lowest BCUT2D eigenvalue weighted by molar-refractivity contribution is -0.138. The number of likely N-dealkylation sites (tertiary alicyclic amines) is 2. The van der Waals surface area contributed by atoms with E-state index < -0.39 is 23.8 Å². The number of aliphatic hydroxyl groups is 1. The highest BCUT2D eigenvalue weighted by molar-refractivity contribution is 6.06. The molecule has 14 nitrogen and oxygen atoms in total. The largest absolute Gasteiger partial charge is 0.508 e. The maximum atomic E-state index is 13.1. The van der Waals surface area contributed by atoms with Crippen LogP contribution in [0.3, 0.4) is 0 Å². The molecule has 0 saturated carbocycles. The summed E-state index contributed by atoms with van der Waals surface area (Å²) in [6.07, 6.45) is 19.1. The Hall–Kier alpha value is -6.96. The molecule has 2 aliphatic heterocycles. The predicted molar refractivity (Wildman–Crippen MR) is 269 cm³/mol. The second kappa shape index (κ2) is 23.4. The summed E-state index contributed by atoms with van der Waals surface area (Å²) in [7, 11) is 1.92. The molecule has 0 spiro atoms. The molecule has 69 heavy (non-hydrogen) atoms. The molecule has 2 fully saturated rings. The third-order valence-corrected chi connectivity index (χ3v) is 13.2. The minimum atomic E-state index is -0.907. The van der Waals surface area contributed by atoms with E-state index in [9.17, 15) is 34.2 Å². The first kappa shape index (κ1) is 51.4. The highest BCUT2D eigenvalue weighted by Crippen LogP contribution is 2.40. The van der Waals surface area contributed by atoms with Gasteiger partial charge in [-0.1, -0.05) is 81.5 Å². The molecule has 0 bridgehead atoms. The smallest absolute Gasteiger partial charge is 0.352 e. The quantitative estimate of drug-likeness (QED) is 0.110. The number of nitrogens with zero attached hydrogens (tertiary/aromatic N) is 5. The molecule has 4 heterocycles. The highest BCUT2D eigenvalue weighted by Gasteiger charge is 2.39. The van der Waals surface area contributed by atoms with E-state index >= 15 is 0 Å².